The second kappa shape index (κ2) is 11.3. The lowest BCUT2D eigenvalue weighted by Crippen LogP contribution is -2.67. The Labute approximate surface area is 267 Å². The molecule has 0 aromatic carbocycles. The van der Waals surface area contributed by atoms with Crippen molar-refractivity contribution in [2.24, 2.45) is 51.8 Å². The summed E-state index contributed by atoms with van der Waals surface area (Å²) in [5.41, 5.74) is 4.53. The van der Waals surface area contributed by atoms with Crippen LogP contribution in [0.25, 0.3) is 0 Å². The van der Waals surface area contributed by atoms with Gasteiger partial charge >= 0.3 is 5.97 Å². The molecule has 10 atom stereocenters. The number of hydrogen-bond acceptors (Lipinski definition) is 3. The van der Waals surface area contributed by atoms with Crippen LogP contribution in [0, 0.1) is 51.8 Å². The summed E-state index contributed by atoms with van der Waals surface area (Å²) in [7, 11) is 0. The molecule has 0 spiro atoms. The van der Waals surface area contributed by atoms with Crippen LogP contribution in [0.2, 0.25) is 0 Å². The number of carbonyl (C=O) groups excluding carboxylic acids is 1. The number of carboxylic acids is 1. The average molecular weight is 605 g/mol. The van der Waals surface area contributed by atoms with Crippen molar-refractivity contribution in [2.45, 2.75) is 136 Å². The second-order valence-electron chi connectivity index (χ2n) is 17.3. The van der Waals surface area contributed by atoms with Gasteiger partial charge < -0.3 is 15.3 Å². The maximum atomic E-state index is 12.1. The number of rotatable bonds is 7. The standard InChI is InChI=1S/C39H60N2O3/c1-26-29(27-10-12-28(13-11-27)35(43)44)16-19-36(2)30(26)17-20-38(4)33(36)15-14-31-32-8-5-18-39(32,22-21-37(31,38)3)40-23-7-25-41-24-6-9-34(41)42/h10,16,26,28,30-33,40H,5-9,11-15,17-25H2,1-4H3,(H,43,44)/t26?,28?,30?,31?,32?,33?,36?,37-,38?,39+/m1/s1. The molecule has 1 heterocycles. The van der Waals surface area contributed by atoms with Gasteiger partial charge in [0.2, 0.25) is 5.91 Å². The van der Waals surface area contributed by atoms with Gasteiger partial charge in [0.15, 0.2) is 0 Å². The molecule has 1 saturated heterocycles. The van der Waals surface area contributed by atoms with Crippen LogP contribution in [0.5, 0.6) is 0 Å². The number of allylic oxidation sites excluding steroid dienone is 4. The van der Waals surface area contributed by atoms with Crippen molar-refractivity contribution < 1.29 is 14.7 Å². The molecular formula is C39H60N2O3. The van der Waals surface area contributed by atoms with Crippen molar-refractivity contribution in [3.05, 3.63) is 23.3 Å². The first kappa shape index (κ1) is 31.0. The predicted octanol–water partition coefficient (Wildman–Crippen LogP) is 8.15. The minimum absolute atomic E-state index is 0.195. The van der Waals surface area contributed by atoms with Crippen LogP contribution in [0.4, 0.5) is 0 Å². The van der Waals surface area contributed by atoms with Crippen molar-refractivity contribution in [2.75, 3.05) is 19.6 Å². The van der Waals surface area contributed by atoms with E-state index in [1.54, 1.807) is 5.57 Å². The Hall–Kier alpha value is -1.62. The fourth-order valence-corrected chi connectivity index (χ4v) is 13.4. The number of carboxylic acid groups (broad SMARTS) is 1. The second-order valence-corrected chi connectivity index (χ2v) is 17.3. The van der Waals surface area contributed by atoms with Crippen molar-refractivity contribution in [1.29, 1.82) is 0 Å². The Morgan fingerprint density at radius 1 is 0.932 bits per heavy atom. The van der Waals surface area contributed by atoms with Crippen LogP contribution in [0.3, 0.4) is 0 Å². The van der Waals surface area contributed by atoms with Crippen LogP contribution in [-0.2, 0) is 9.59 Å². The van der Waals surface area contributed by atoms with Crippen LogP contribution in [-0.4, -0.2) is 47.1 Å². The minimum Gasteiger partial charge on any atom is -0.481 e. The molecule has 0 bridgehead atoms. The van der Waals surface area contributed by atoms with Crippen molar-refractivity contribution in [3.8, 4) is 0 Å². The first-order valence-electron chi connectivity index (χ1n) is 18.7. The van der Waals surface area contributed by atoms with Gasteiger partial charge in [-0.2, -0.15) is 0 Å². The van der Waals surface area contributed by atoms with E-state index in [1.165, 1.54) is 69.8 Å². The monoisotopic (exact) mass is 604 g/mol. The highest BCUT2D eigenvalue weighted by atomic mass is 16.4. The van der Waals surface area contributed by atoms with Crippen molar-refractivity contribution >= 4 is 11.9 Å². The average Bonchev–Trinajstić information content (AvgIpc) is 3.62. The molecule has 2 N–H and O–H groups in total. The number of nitrogens with zero attached hydrogens (tertiary/aromatic N) is 1. The summed E-state index contributed by atoms with van der Waals surface area (Å²) >= 11 is 0. The summed E-state index contributed by atoms with van der Waals surface area (Å²) in [4.78, 5) is 25.8. The molecule has 4 saturated carbocycles. The molecule has 5 nitrogen and oxygen atoms in total. The largest absolute Gasteiger partial charge is 0.481 e. The first-order chi connectivity index (χ1) is 21.0. The van der Waals surface area contributed by atoms with Crippen LogP contribution in [0.15, 0.2) is 23.3 Å². The number of amides is 1. The van der Waals surface area contributed by atoms with Crippen LogP contribution < -0.4 is 5.32 Å². The number of hydrogen-bond donors (Lipinski definition) is 2. The van der Waals surface area contributed by atoms with Gasteiger partial charge in [0, 0.05) is 25.0 Å². The third kappa shape index (κ3) is 4.62. The van der Waals surface area contributed by atoms with E-state index in [0.29, 0.717) is 40.0 Å². The smallest absolute Gasteiger partial charge is 0.306 e. The quantitative estimate of drug-likeness (QED) is 0.288. The fraction of sp³-hybridized carbons (Fsp3) is 0.846. The fourth-order valence-electron chi connectivity index (χ4n) is 13.4. The predicted molar refractivity (Wildman–Crippen MR) is 176 cm³/mol. The van der Waals surface area contributed by atoms with Gasteiger partial charge in [-0.3, -0.25) is 9.59 Å². The molecule has 1 aliphatic heterocycles. The molecule has 244 valence electrons. The first-order valence-corrected chi connectivity index (χ1v) is 18.7. The lowest BCUT2D eigenvalue weighted by atomic mass is 9.34. The Balaban J connectivity index is 1.07. The Kier molecular flexibility index (Phi) is 7.94. The van der Waals surface area contributed by atoms with Crippen LogP contribution in [0.1, 0.15) is 130 Å². The van der Waals surface area contributed by atoms with Gasteiger partial charge in [-0.1, -0.05) is 46.3 Å². The number of nitrogens with one attached hydrogen (secondary N) is 1. The number of likely N-dealkylation sites (tertiary alicyclic amines) is 1. The van der Waals surface area contributed by atoms with Gasteiger partial charge in [0.25, 0.3) is 0 Å². The van der Waals surface area contributed by atoms with E-state index < -0.39 is 5.97 Å². The zero-order chi connectivity index (χ0) is 30.9. The Morgan fingerprint density at radius 3 is 2.50 bits per heavy atom. The van der Waals surface area contributed by atoms with Gasteiger partial charge in [-0.05, 0) is 153 Å². The summed E-state index contributed by atoms with van der Waals surface area (Å²) in [5.74, 6) is 3.27. The summed E-state index contributed by atoms with van der Waals surface area (Å²) in [6.07, 6.45) is 23.8. The molecule has 7 aliphatic rings. The lowest BCUT2D eigenvalue weighted by Gasteiger charge is -2.71. The van der Waals surface area contributed by atoms with E-state index in [0.717, 1.165) is 75.4 Å². The maximum absolute atomic E-state index is 12.1. The molecule has 5 fully saturated rings. The highest BCUT2D eigenvalue weighted by Crippen LogP contribution is 2.75. The molecule has 44 heavy (non-hydrogen) atoms. The third-order valence-electron chi connectivity index (χ3n) is 15.9. The third-order valence-corrected chi connectivity index (χ3v) is 15.9. The normalized spacial score (nSPS) is 46.8. The van der Waals surface area contributed by atoms with Gasteiger partial charge in [-0.25, -0.2) is 0 Å². The van der Waals surface area contributed by atoms with E-state index >= 15 is 0 Å². The molecule has 7 rings (SSSR count). The van der Waals surface area contributed by atoms with E-state index in [1.807, 2.05) is 0 Å². The van der Waals surface area contributed by atoms with Gasteiger partial charge in [0.1, 0.15) is 0 Å². The Morgan fingerprint density at radius 2 is 1.77 bits per heavy atom. The van der Waals surface area contributed by atoms with E-state index in [-0.39, 0.29) is 5.92 Å². The zero-order valence-electron chi connectivity index (χ0n) is 28.3. The molecule has 5 heteroatoms. The molecule has 8 unspecified atom stereocenters. The lowest BCUT2D eigenvalue weighted by molar-refractivity contribution is -0.212. The van der Waals surface area contributed by atoms with Crippen LogP contribution >= 0.6 is 0 Å². The highest BCUT2D eigenvalue weighted by Gasteiger charge is 2.68. The molecule has 0 aromatic heterocycles. The van der Waals surface area contributed by atoms with E-state index in [9.17, 15) is 14.7 Å². The zero-order valence-corrected chi connectivity index (χ0v) is 28.3. The summed E-state index contributed by atoms with van der Waals surface area (Å²) in [6.45, 7) is 13.6. The number of aliphatic carboxylic acids is 1. The molecule has 1 amide bonds. The maximum Gasteiger partial charge on any atom is 0.306 e. The Bertz CT molecular complexity index is 1220. The summed E-state index contributed by atoms with van der Waals surface area (Å²) < 4.78 is 0. The van der Waals surface area contributed by atoms with Crippen molar-refractivity contribution in [1.82, 2.24) is 10.2 Å². The van der Waals surface area contributed by atoms with E-state index in [4.69, 9.17) is 0 Å². The van der Waals surface area contributed by atoms with Gasteiger partial charge in [0.05, 0.1) is 5.92 Å². The topological polar surface area (TPSA) is 69.6 Å². The SMILES string of the molecule is CC1C(C2=CCC(C(=O)O)CC2)=CCC2(C)C1CCC1(C)C2CCC2C3CCC[C@]3(NCCCN3CCCC3=O)CC[C@]21C. The minimum atomic E-state index is -0.627. The number of fused-ring (bicyclic) bond motifs is 7. The summed E-state index contributed by atoms with van der Waals surface area (Å²) in [6, 6.07) is 0. The summed E-state index contributed by atoms with van der Waals surface area (Å²) in [5, 5.41) is 13.7. The number of carbonyl (C=O) groups is 2. The van der Waals surface area contributed by atoms with E-state index in [2.05, 4.69) is 50.1 Å². The molecule has 6 aliphatic carbocycles. The highest BCUT2D eigenvalue weighted by molar-refractivity contribution is 5.78. The molecule has 0 radical (unpaired) electrons. The molecular weight excluding hydrogens is 544 g/mol. The van der Waals surface area contributed by atoms with Crippen molar-refractivity contribution in [3.63, 3.8) is 0 Å². The van der Waals surface area contributed by atoms with Gasteiger partial charge in [-0.15, -0.1) is 0 Å². The molecule has 0 aromatic rings.